The number of benzene rings is 1. The molecule has 1 atom stereocenters. The predicted molar refractivity (Wildman–Crippen MR) is 83.1 cm³/mol. The van der Waals surface area contributed by atoms with Gasteiger partial charge in [0.05, 0.1) is 17.9 Å². The molecule has 1 saturated heterocycles. The van der Waals surface area contributed by atoms with E-state index in [-0.39, 0.29) is 17.7 Å². The summed E-state index contributed by atoms with van der Waals surface area (Å²) < 4.78 is 5.83. The highest BCUT2D eigenvalue weighted by Gasteiger charge is 2.32. The average molecular weight is 298 g/mol. The Morgan fingerprint density at radius 3 is 3.00 bits per heavy atom. The Morgan fingerprint density at radius 1 is 1.36 bits per heavy atom. The maximum Gasteiger partial charge on any atom is 0.227 e. The van der Waals surface area contributed by atoms with Gasteiger partial charge < -0.3 is 14.7 Å². The van der Waals surface area contributed by atoms with Crippen LogP contribution in [0.5, 0.6) is 11.5 Å². The van der Waals surface area contributed by atoms with E-state index in [4.69, 9.17) is 4.74 Å². The van der Waals surface area contributed by atoms with Gasteiger partial charge >= 0.3 is 0 Å². The molecule has 2 heterocycles. The molecule has 1 N–H and O–H groups in total. The van der Waals surface area contributed by atoms with Gasteiger partial charge in [-0.2, -0.15) is 0 Å². The number of aromatic nitrogens is 1. The third kappa shape index (κ3) is 2.74. The molecular formula is C17H18N2O3. The Morgan fingerprint density at radius 2 is 2.23 bits per heavy atom. The Bertz CT molecular complexity index is 673. The van der Waals surface area contributed by atoms with Crippen LogP contribution in [0, 0.1) is 6.92 Å². The molecule has 1 aromatic heterocycles. The molecule has 1 amide bonds. The summed E-state index contributed by atoms with van der Waals surface area (Å²) in [5, 5.41) is 9.71. The van der Waals surface area contributed by atoms with Crippen molar-refractivity contribution in [3.63, 3.8) is 0 Å². The fourth-order valence-corrected chi connectivity index (χ4v) is 2.70. The number of amides is 1. The number of hydrogen-bond donors (Lipinski definition) is 1. The number of carbonyl (C=O) groups is 1. The van der Waals surface area contributed by atoms with Gasteiger partial charge in [-0.05, 0) is 37.6 Å². The minimum Gasteiger partial charge on any atom is -0.508 e. The molecule has 1 aliphatic heterocycles. The third-order valence-electron chi connectivity index (χ3n) is 3.94. The second kappa shape index (κ2) is 6.05. The lowest BCUT2D eigenvalue weighted by Gasteiger charge is -2.25. The van der Waals surface area contributed by atoms with Crippen LogP contribution in [0.4, 0.5) is 5.69 Å². The van der Waals surface area contributed by atoms with Gasteiger partial charge in [0.2, 0.25) is 5.91 Å². The first-order chi connectivity index (χ1) is 10.7. The summed E-state index contributed by atoms with van der Waals surface area (Å²) >= 11 is 0. The van der Waals surface area contributed by atoms with Crippen LogP contribution >= 0.6 is 0 Å². The molecule has 114 valence electrons. The molecule has 2 aromatic rings. The number of phenolic OH excluding ortho intramolecular Hbond substituents is 1. The van der Waals surface area contributed by atoms with E-state index in [1.807, 2.05) is 25.1 Å². The molecule has 0 bridgehead atoms. The van der Waals surface area contributed by atoms with E-state index in [2.05, 4.69) is 4.98 Å². The summed E-state index contributed by atoms with van der Waals surface area (Å²) in [6.07, 6.45) is 4.65. The van der Waals surface area contributed by atoms with Crippen LogP contribution < -0.4 is 9.64 Å². The summed E-state index contributed by atoms with van der Waals surface area (Å²) in [4.78, 5) is 17.9. The number of anilines is 1. The first-order valence-electron chi connectivity index (χ1n) is 7.30. The van der Waals surface area contributed by atoms with Crippen LogP contribution in [-0.2, 0) is 4.79 Å². The molecule has 0 spiro atoms. The lowest BCUT2D eigenvalue weighted by atomic mass is 10.2. The Hall–Kier alpha value is -2.56. The Kier molecular flexibility index (Phi) is 3.96. The number of hydrogen-bond acceptors (Lipinski definition) is 4. The SMILES string of the molecule is Cc1c(O)cccc1OC[C@@H]1CCC(=O)N1c1cccnc1. The molecule has 3 rings (SSSR count). The van der Waals surface area contributed by atoms with E-state index in [9.17, 15) is 9.90 Å². The quantitative estimate of drug-likeness (QED) is 0.942. The average Bonchev–Trinajstić information content (AvgIpc) is 2.90. The standard InChI is InChI=1S/C17H18N2O3/c1-12-15(20)5-2-6-16(12)22-11-14-7-8-17(21)19(14)13-4-3-9-18-10-13/h2-6,9-10,14,20H,7-8,11H2,1H3/t14-/m0/s1. The molecule has 0 saturated carbocycles. The first-order valence-corrected chi connectivity index (χ1v) is 7.30. The van der Waals surface area contributed by atoms with Crippen LogP contribution in [-0.4, -0.2) is 28.6 Å². The van der Waals surface area contributed by atoms with Crippen molar-refractivity contribution in [1.29, 1.82) is 0 Å². The highest BCUT2D eigenvalue weighted by Crippen LogP contribution is 2.29. The molecule has 5 nitrogen and oxygen atoms in total. The zero-order valence-electron chi connectivity index (χ0n) is 12.4. The largest absolute Gasteiger partial charge is 0.508 e. The van der Waals surface area contributed by atoms with Crippen molar-refractivity contribution in [1.82, 2.24) is 4.98 Å². The normalized spacial score (nSPS) is 17.8. The van der Waals surface area contributed by atoms with E-state index < -0.39 is 0 Å². The van der Waals surface area contributed by atoms with Crippen LogP contribution in [0.3, 0.4) is 0 Å². The summed E-state index contributed by atoms with van der Waals surface area (Å²) in [6.45, 7) is 2.20. The smallest absolute Gasteiger partial charge is 0.227 e. The monoisotopic (exact) mass is 298 g/mol. The van der Waals surface area contributed by atoms with E-state index in [0.29, 0.717) is 24.3 Å². The van der Waals surface area contributed by atoms with Crippen molar-refractivity contribution in [2.45, 2.75) is 25.8 Å². The van der Waals surface area contributed by atoms with Gasteiger partial charge in [0.25, 0.3) is 0 Å². The zero-order valence-corrected chi connectivity index (χ0v) is 12.4. The highest BCUT2D eigenvalue weighted by molar-refractivity contribution is 5.96. The highest BCUT2D eigenvalue weighted by atomic mass is 16.5. The summed E-state index contributed by atoms with van der Waals surface area (Å²) in [5.74, 6) is 0.948. The Balaban J connectivity index is 1.74. The van der Waals surface area contributed by atoms with E-state index in [0.717, 1.165) is 12.1 Å². The van der Waals surface area contributed by atoms with Crippen molar-refractivity contribution in [3.05, 3.63) is 48.3 Å². The predicted octanol–water partition coefficient (Wildman–Crippen LogP) is 2.67. The number of phenols is 1. The summed E-state index contributed by atoms with van der Waals surface area (Å²) in [6, 6.07) is 8.87. The van der Waals surface area contributed by atoms with E-state index in [1.165, 1.54) is 0 Å². The zero-order chi connectivity index (χ0) is 15.5. The van der Waals surface area contributed by atoms with Gasteiger partial charge in [-0.3, -0.25) is 9.78 Å². The first kappa shape index (κ1) is 14.4. The van der Waals surface area contributed by atoms with Crippen molar-refractivity contribution in [3.8, 4) is 11.5 Å². The van der Waals surface area contributed by atoms with Crippen LogP contribution in [0.15, 0.2) is 42.7 Å². The molecule has 22 heavy (non-hydrogen) atoms. The second-order valence-corrected chi connectivity index (χ2v) is 5.38. The molecule has 0 aliphatic carbocycles. The molecule has 0 radical (unpaired) electrons. The fourth-order valence-electron chi connectivity index (χ4n) is 2.70. The molecule has 1 fully saturated rings. The Labute approximate surface area is 129 Å². The molecule has 5 heteroatoms. The summed E-state index contributed by atoms with van der Waals surface area (Å²) in [7, 11) is 0. The van der Waals surface area contributed by atoms with Gasteiger partial charge in [0, 0.05) is 18.2 Å². The number of pyridine rings is 1. The van der Waals surface area contributed by atoms with Crippen molar-refractivity contribution in [2.24, 2.45) is 0 Å². The van der Waals surface area contributed by atoms with Gasteiger partial charge in [-0.25, -0.2) is 0 Å². The van der Waals surface area contributed by atoms with Crippen LogP contribution in [0.1, 0.15) is 18.4 Å². The van der Waals surface area contributed by atoms with Gasteiger partial charge in [-0.15, -0.1) is 0 Å². The molecule has 1 aromatic carbocycles. The van der Waals surface area contributed by atoms with Crippen LogP contribution in [0.2, 0.25) is 0 Å². The second-order valence-electron chi connectivity index (χ2n) is 5.38. The molecule has 0 unspecified atom stereocenters. The number of aromatic hydroxyl groups is 1. The van der Waals surface area contributed by atoms with Gasteiger partial charge in [0.15, 0.2) is 0 Å². The summed E-state index contributed by atoms with van der Waals surface area (Å²) in [5.41, 5.74) is 1.51. The topological polar surface area (TPSA) is 62.7 Å². The molecular weight excluding hydrogens is 280 g/mol. The number of ether oxygens (including phenoxy) is 1. The van der Waals surface area contributed by atoms with Crippen molar-refractivity contribution >= 4 is 11.6 Å². The van der Waals surface area contributed by atoms with E-state index >= 15 is 0 Å². The van der Waals surface area contributed by atoms with E-state index in [1.54, 1.807) is 29.4 Å². The minimum absolute atomic E-state index is 0.0153. The van der Waals surface area contributed by atoms with Gasteiger partial charge in [-0.1, -0.05) is 6.07 Å². The maximum absolute atomic E-state index is 12.1. The van der Waals surface area contributed by atoms with Gasteiger partial charge in [0.1, 0.15) is 18.1 Å². The number of rotatable bonds is 4. The number of carbonyl (C=O) groups excluding carboxylic acids is 1. The van der Waals surface area contributed by atoms with Crippen molar-refractivity contribution in [2.75, 3.05) is 11.5 Å². The minimum atomic E-state index is -0.0153. The lowest BCUT2D eigenvalue weighted by Crippen LogP contribution is -2.37. The fraction of sp³-hybridized carbons (Fsp3) is 0.294. The lowest BCUT2D eigenvalue weighted by molar-refractivity contribution is -0.117. The number of nitrogens with zero attached hydrogens (tertiary/aromatic N) is 2. The molecule has 1 aliphatic rings. The van der Waals surface area contributed by atoms with Crippen LogP contribution in [0.25, 0.3) is 0 Å². The van der Waals surface area contributed by atoms with Crippen molar-refractivity contribution < 1.29 is 14.6 Å². The maximum atomic E-state index is 12.1. The third-order valence-corrected chi connectivity index (χ3v) is 3.94.